The molecule has 1 rings (SSSR count). The predicted molar refractivity (Wildman–Crippen MR) is 71.9 cm³/mol. The Morgan fingerprint density at radius 2 is 2.21 bits per heavy atom. The van der Waals surface area contributed by atoms with Gasteiger partial charge in [-0.15, -0.1) is 0 Å². The number of hydrogen-bond acceptors (Lipinski definition) is 4. The first-order chi connectivity index (χ1) is 8.97. The minimum atomic E-state index is -1.01. The standard InChI is InChI=1S/C11H19N3O4S/c1-19-6-4-7(13-11(12)18)9(15)14-5-2-3-8(14)10(16)17/h7-8H,2-6H2,1H3,(H,16,17)(H3,12,13,18). The Balaban J connectivity index is 2.73. The summed E-state index contributed by atoms with van der Waals surface area (Å²) in [5.41, 5.74) is 5.05. The van der Waals surface area contributed by atoms with Gasteiger partial charge in [0, 0.05) is 6.54 Å². The molecule has 1 fully saturated rings. The van der Waals surface area contributed by atoms with Crippen LogP contribution in [0.1, 0.15) is 19.3 Å². The maximum Gasteiger partial charge on any atom is 0.326 e. The summed E-state index contributed by atoms with van der Waals surface area (Å²) >= 11 is 1.54. The van der Waals surface area contributed by atoms with Gasteiger partial charge in [0.2, 0.25) is 5.91 Å². The number of hydrogen-bond donors (Lipinski definition) is 3. The molecule has 0 bridgehead atoms. The lowest BCUT2D eigenvalue weighted by molar-refractivity contribution is -0.148. The van der Waals surface area contributed by atoms with E-state index in [1.54, 1.807) is 11.8 Å². The summed E-state index contributed by atoms with van der Waals surface area (Å²) < 4.78 is 0. The lowest BCUT2D eigenvalue weighted by Gasteiger charge is -2.26. The molecule has 2 atom stereocenters. The maximum atomic E-state index is 12.3. The highest BCUT2D eigenvalue weighted by molar-refractivity contribution is 7.98. The third-order valence-corrected chi connectivity index (χ3v) is 3.69. The summed E-state index contributed by atoms with van der Waals surface area (Å²) in [4.78, 5) is 35.6. The van der Waals surface area contributed by atoms with Crippen molar-refractivity contribution in [2.45, 2.75) is 31.3 Å². The number of carboxylic acids is 1. The van der Waals surface area contributed by atoms with Gasteiger partial charge in [0.15, 0.2) is 0 Å². The van der Waals surface area contributed by atoms with Crippen LogP contribution >= 0.6 is 11.8 Å². The van der Waals surface area contributed by atoms with Gasteiger partial charge >= 0.3 is 12.0 Å². The van der Waals surface area contributed by atoms with Crippen molar-refractivity contribution in [2.24, 2.45) is 5.73 Å². The average molecular weight is 289 g/mol. The van der Waals surface area contributed by atoms with E-state index in [4.69, 9.17) is 10.8 Å². The molecular weight excluding hydrogens is 270 g/mol. The second-order valence-corrected chi connectivity index (χ2v) is 5.36. The maximum absolute atomic E-state index is 12.3. The van der Waals surface area contributed by atoms with Crippen LogP contribution in [0.15, 0.2) is 0 Å². The quantitative estimate of drug-likeness (QED) is 0.629. The third-order valence-electron chi connectivity index (χ3n) is 3.05. The van der Waals surface area contributed by atoms with E-state index in [0.717, 1.165) is 0 Å². The minimum Gasteiger partial charge on any atom is -0.480 e. The van der Waals surface area contributed by atoms with Crippen molar-refractivity contribution < 1.29 is 19.5 Å². The molecule has 0 aromatic rings. The van der Waals surface area contributed by atoms with Gasteiger partial charge < -0.3 is 21.1 Å². The third kappa shape index (κ3) is 4.30. The molecule has 1 saturated heterocycles. The molecule has 7 nitrogen and oxygen atoms in total. The lowest BCUT2D eigenvalue weighted by Crippen LogP contribution is -2.52. The molecule has 4 N–H and O–H groups in total. The molecule has 19 heavy (non-hydrogen) atoms. The summed E-state index contributed by atoms with van der Waals surface area (Å²) in [6.07, 6.45) is 3.44. The molecule has 108 valence electrons. The molecule has 0 saturated carbocycles. The molecule has 1 aliphatic heterocycles. The van der Waals surface area contributed by atoms with E-state index >= 15 is 0 Å². The number of carbonyl (C=O) groups is 3. The first-order valence-electron chi connectivity index (χ1n) is 6.05. The van der Waals surface area contributed by atoms with Crippen molar-refractivity contribution in [3.63, 3.8) is 0 Å². The van der Waals surface area contributed by atoms with Crippen molar-refractivity contribution >= 4 is 29.7 Å². The molecule has 0 radical (unpaired) electrons. The molecular formula is C11H19N3O4S. The molecule has 8 heteroatoms. The number of nitrogens with one attached hydrogen (secondary N) is 1. The van der Waals surface area contributed by atoms with Crippen LogP contribution in [-0.4, -0.2) is 58.6 Å². The van der Waals surface area contributed by atoms with Gasteiger partial charge in [-0.3, -0.25) is 4.79 Å². The summed E-state index contributed by atoms with van der Waals surface area (Å²) in [6, 6.07) is -2.31. The van der Waals surface area contributed by atoms with E-state index in [9.17, 15) is 14.4 Å². The average Bonchev–Trinajstić information content (AvgIpc) is 2.82. The summed E-state index contributed by atoms with van der Waals surface area (Å²) in [6.45, 7) is 0.409. The highest BCUT2D eigenvalue weighted by atomic mass is 32.2. The van der Waals surface area contributed by atoms with Gasteiger partial charge in [-0.05, 0) is 31.3 Å². The van der Waals surface area contributed by atoms with Crippen LogP contribution in [0.4, 0.5) is 4.79 Å². The van der Waals surface area contributed by atoms with E-state index < -0.39 is 24.1 Å². The highest BCUT2D eigenvalue weighted by Crippen LogP contribution is 2.19. The number of amides is 3. The van der Waals surface area contributed by atoms with E-state index in [1.807, 2.05) is 6.26 Å². The number of primary amides is 1. The second kappa shape index (κ2) is 7.22. The van der Waals surface area contributed by atoms with Crippen LogP contribution < -0.4 is 11.1 Å². The van der Waals surface area contributed by atoms with Crippen molar-refractivity contribution in [1.29, 1.82) is 0 Å². The smallest absolute Gasteiger partial charge is 0.326 e. The van der Waals surface area contributed by atoms with Crippen molar-refractivity contribution in [3.8, 4) is 0 Å². The number of rotatable bonds is 6. The van der Waals surface area contributed by atoms with Crippen LogP contribution in [0, 0.1) is 0 Å². The molecule has 0 aromatic heterocycles. The van der Waals surface area contributed by atoms with Crippen LogP contribution in [0.5, 0.6) is 0 Å². The van der Waals surface area contributed by atoms with Crippen LogP contribution in [0.25, 0.3) is 0 Å². The Morgan fingerprint density at radius 3 is 2.74 bits per heavy atom. The van der Waals surface area contributed by atoms with Crippen molar-refractivity contribution in [3.05, 3.63) is 0 Å². The number of carboxylic acid groups (broad SMARTS) is 1. The number of aliphatic carboxylic acids is 1. The first-order valence-corrected chi connectivity index (χ1v) is 7.45. The van der Waals surface area contributed by atoms with Gasteiger partial charge in [0.1, 0.15) is 12.1 Å². The summed E-state index contributed by atoms with van der Waals surface area (Å²) in [5.74, 6) is -0.686. The second-order valence-electron chi connectivity index (χ2n) is 4.37. The van der Waals surface area contributed by atoms with Crippen LogP contribution in [0.3, 0.4) is 0 Å². The predicted octanol–water partition coefficient (Wildman–Crippen LogP) is -0.148. The molecule has 0 aromatic carbocycles. The monoisotopic (exact) mass is 289 g/mol. The Hall–Kier alpha value is -1.44. The largest absolute Gasteiger partial charge is 0.480 e. The summed E-state index contributed by atoms with van der Waals surface area (Å²) in [5, 5.41) is 11.5. The normalized spacial score (nSPS) is 20.1. The topological polar surface area (TPSA) is 113 Å². The summed E-state index contributed by atoms with van der Waals surface area (Å²) in [7, 11) is 0. The fraction of sp³-hybridized carbons (Fsp3) is 0.727. The number of nitrogens with zero attached hydrogens (tertiary/aromatic N) is 1. The zero-order chi connectivity index (χ0) is 14.4. The lowest BCUT2D eigenvalue weighted by atomic mass is 10.1. The molecule has 1 aliphatic rings. The van der Waals surface area contributed by atoms with Crippen LogP contribution in [-0.2, 0) is 9.59 Å². The Kier molecular flexibility index (Phi) is 5.94. The van der Waals surface area contributed by atoms with E-state index in [1.165, 1.54) is 4.90 Å². The molecule has 3 amide bonds. The number of thioether (sulfide) groups is 1. The van der Waals surface area contributed by atoms with Gasteiger partial charge in [-0.1, -0.05) is 0 Å². The van der Waals surface area contributed by atoms with Crippen molar-refractivity contribution in [1.82, 2.24) is 10.2 Å². The highest BCUT2D eigenvalue weighted by Gasteiger charge is 2.37. The fourth-order valence-corrected chi connectivity index (χ4v) is 2.62. The number of nitrogens with two attached hydrogens (primary N) is 1. The number of carbonyl (C=O) groups excluding carboxylic acids is 2. The van der Waals surface area contributed by atoms with Gasteiger partial charge in [0.05, 0.1) is 0 Å². The van der Waals surface area contributed by atoms with E-state index in [-0.39, 0.29) is 5.91 Å². The number of urea groups is 1. The molecule has 2 unspecified atom stereocenters. The zero-order valence-electron chi connectivity index (χ0n) is 10.8. The number of likely N-dealkylation sites (tertiary alicyclic amines) is 1. The molecule has 0 spiro atoms. The Morgan fingerprint density at radius 1 is 1.53 bits per heavy atom. The van der Waals surface area contributed by atoms with Crippen LogP contribution in [0.2, 0.25) is 0 Å². The Bertz CT molecular complexity index is 364. The van der Waals surface area contributed by atoms with Crippen molar-refractivity contribution in [2.75, 3.05) is 18.6 Å². The van der Waals surface area contributed by atoms with Gasteiger partial charge in [-0.2, -0.15) is 11.8 Å². The minimum absolute atomic E-state index is 0.363. The van der Waals surface area contributed by atoms with E-state index in [2.05, 4.69) is 5.32 Å². The van der Waals surface area contributed by atoms with Gasteiger partial charge in [0.25, 0.3) is 0 Å². The molecule has 0 aliphatic carbocycles. The fourth-order valence-electron chi connectivity index (χ4n) is 2.15. The van der Waals surface area contributed by atoms with Gasteiger partial charge in [-0.25, -0.2) is 9.59 Å². The molecule has 1 heterocycles. The first kappa shape index (κ1) is 15.6. The zero-order valence-corrected chi connectivity index (χ0v) is 11.6. The SMILES string of the molecule is CSCCC(NC(N)=O)C(=O)N1CCCC1C(=O)O. The van der Waals surface area contributed by atoms with E-state index in [0.29, 0.717) is 31.6 Å². The Labute approximate surface area is 115 Å².